The molecule has 2 N–H and O–H groups in total. The van der Waals surface area contributed by atoms with Crippen molar-refractivity contribution in [2.75, 3.05) is 6.61 Å². The van der Waals surface area contributed by atoms with Crippen LogP contribution in [0, 0.1) is 5.92 Å². The van der Waals surface area contributed by atoms with Crippen molar-refractivity contribution in [3.8, 4) is 5.75 Å². The fourth-order valence-electron chi connectivity index (χ4n) is 3.34. The highest BCUT2D eigenvalue weighted by Gasteiger charge is 2.36. The van der Waals surface area contributed by atoms with Crippen LogP contribution in [0.4, 0.5) is 4.79 Å². The van der Waals surface area contributed by atoms with Crippen molar-refractivity contribution in [3.63, 3.8) is 0 Å². The maximum atomic E-state index is 12.9. The average Bonchev–Trinajstić information content (AvgIpc) is 2.66. The number of benzene rings is 1. The number of esters is 1. The molecule has 0 radical (unpaired) electrons. The van der Waals surface area contributed by atoms with Crippen LogP contribution in [0.2, 0.25) is 0 Å². The van der Waals surface area contributed by atoms with Gasteiger partial charge in [-0.3, -0.25) is 0 Å². The minimum atomic E-state index is -0.626. The van der Waals surface area contributed by atoms with Gasteiger partial charge in [-0.1, -0.05) is 58.2 Å². The monoisotopic (exact) mass is 402 g/mol. The number of ether oxygens (including phenoxy) is 2. The van der Waals surface area contributed by atoms with Gasteiger partial charge >= 0.3 is 12.0 Å². The first kappa shape index (κ1) is 22.8. The predicted octanol–water partition coefficient (Wildman–Crippen LogP) is 4.86. The second-order valence-electron chi connectivity index (χ2n) is 7.91. The highest BCUT2D eigenvalue weighted by molar-refractivity contribution is 5.95. The largest absolute Gasteiger partial charge is 0.493 e. The molecule has 1 aliphatic rings. The van der Waals surface area contributed by atoms with Crippen molar-refractivity contribution in [1.29, 1.82) is 0 Å². The number of rotatable bonds is 10. The van der Waals surface area contributed by atoms with Crippen LogP contribution in [0.15, 0.2) is 35.5 Å². The molecule has 160 valence electrons. The van der Waals surface area contributed by atoms with Crippen molar-refractivity contribution in [3.05, 3.63) is 41.1 Å². The van der Waals surface area contributed by atoms with Gasteiger partial charge in [-0.05, 0) is 32.3 Å². The standard InChI is InChI=1S/C23H34N2O4/c1-6-7-8-11-14-28-18-13-10-9-12-17(18)21-19(22(26)29-16(4)5)20(15(2)3)24-23(27)25-21/h9-10,12-13,15-16,21H,6-8,11,14H2,1-5H3,(H2,24,25,27). The highest BCUT2D eigenvalue weighted by atomic mass is 16.5. The number of hydrogen-bond acceptors (Lipinski definition) is 4. The third-order valence-electron chi connectivity index (χ3n) is 4.73. The number of carbonyl (C=O) groups is 2. The molecule has 1 heterocycles. The van der Waals surface area contributed by atoms with Gasteiger partial charge in [0.15, 0.2) is 0 Å². The number of carbonyl (C=O) groups excluding carboxylic acids is 2. The summed E-state index contributed by atoms with van der Waals surface area (Å²) in [5.41, 5.74) is 1.77. The maximum absolute atomic E-state index is 12.9. The van der Waals surface area contributed by atoms with Gasteiger partial charge in [0.05, 0.1) is 24.3 Å². The Labute approximate surface area is 174 Å². The van der Waals surface area contributed by atoms with E-state index < -0.39 is 12.0 Å². The zero-order valence-corrected chi connectivity index (χ0v) is 18.2. The topological polar surface area (TPSA) is 76.7 Å². The lowest BCUT2D eigenvalue weighted by Crippen LogP contribution is -2.47. The molecule has 0 aromatic heterocycles. The summed E-state index contributed by atoms with van der Waals surface area (Å²) in [5.74, 6) is 0.202. The Kier molecular flexibility index (Phi) is 8.55. The molecule has 1 unspecified atom stereocenters. The SMILES string of the molecule is CCCCCCOc1ccccc1C1NC(=O)NC(C(C)C)=C1C(=O)OC(C)C. The lowest BCUT2D eigenvalue weighted by molar-refractivity contribution is -0.143. The van der Waals surface area contributed by atoms with Crippen molar-refractivity contribution in [2.45, 2.75) is 72.4 Å². The number of nitrogens with one attached hydrogen (secondary N) is 2. The van der Waals surface area contributed by atoms with Gasteiger partial charge in [-0.25, -0.2) is 9.59 Å². The van der Waals surface area contributed by atoms with E-state index in [0.717, 1.165) is 18.4 Å². The first-order valence-corrected chi connectivity index (χ1v) is 10.6. The average molecular weight is 403 g/mol. The van der Waals surface area contributed by atoms with Crippen molar-refractivity contribution < 1.29 is 19.1 Å². The molecule has 2 amide bonds. The van der Waals surface area contributed by atoms with Crippen molar-refractivity contribution in [2.24, 2.45) is 5.92 Å². The fourth-order valence-corrected chi connectivity index (χ4v) is 3.34. The molecule has 1 aliphatic heterocycles. The molecule has 0 fully saturated rings. The first-order valence-electron chi connectivity index (χ1n) is 10.6. The summed E-state index contributed by atoms with van der Waals surface area (Å²) in [6.07, 6.45) is 4.18. The molecule has 29 heavy (non-hydrogen) atoms. The third kappa shape index (κ3) is 6.24. The van der Waals surface area contributed by atoms with Crippen molar-refractivity contribution in [1.82, 2.24) is 10.6 Å². The Hall–Kier alpha value is -2.50. The fraction of sp³-hybridized carbons (Fsp3) is 0.565. The van der Waals surface area contributed by atoms with E-state index in [4.69, 9.17) is 9.47 Å². The van der Waals surface area contributed by atoms with Crippen LogP contribution in [0.5, 0.6) is 5.75 Å². The Balaban J connectivity index is 2.38. The van der Waals surface area contributed by atoms with Gasteiger partial charge in [0, 0.05) is 11.3 Å². The molecule has 0 spiro atoms. The van der Waals surface area contributed by atoms with Crippen LogP contribution < -0.4 is 15.4 Å². The zero-order valence-electron chi connectivity index (χ0n) is 18.2. The van der Waals surface area contributed by atoms with E-state index in [1.807, 2.05) is 52.0 Å². The van der Waals surface area contributed by atoms with Gasteiger partial charge in [-0.15, -0.1) is 0 Å². The quantitative estimate of drug-likeness (QED) is 0.433. The summed E-state index contributed by atoms with van der Waals surface area (Å²) < 4.78 is 11.5. The highest BCUT2D eigenvalue weighted by Crippen LogP contribution is 2.35. The van der Waals surface area contributed by atoms with E-state index in [1.54, 1.807) is 0 Å². The minimum absolute atomic E-state index is 0.0413. The Bertz CT molecular complexity index is 740. The molecule has 1 atom stereocenters. The number of para-hydroxylation sites is 1. The molecule has 0 saturated carbocycles. The van der Waals surface area contributed by atoms with Crippen LogP contribution >= 0.6 is 0 Å². The Morgan fingerprint density at radius 2 is 1.83 bits per heavy atom. The molecule has 1 aromatic carbocycles. The van der Waals surface area contributed by atoms with E-state index in [2.05, 4.69) is 17.6 Å². The summed E-state index contributed by atoms with van der Waals surface area (Å²) in [6.45, 7) is 10.3. The number of allylic oxidation sites excluding steroid dienone is 1. The third-order valence-corrected chi connectivity index (χ3v) is 4.73. The van der Waals surface area contributed by atoms with Crippen LogP contribution in [0.25, 0.3) is 0 Å². The molecule has 0 bridgehead atoms. The van der Waals surface area contributed by atoms with Crippen LogP contribution in [0.1, 0.15) is 71.9 Å². The second kappa shape index (κ2) is 10.9. The molecule has 6 heteroatoms. The smallest absolute Gasteiger partial charge is 0.338 e. The van der Waals surface area contributed by atoms with E-state index in [-0.39, 0.29) is 18.1 Å². The first-order chi connectivity index (χ1) is 13.8. The van der Waals surface area contributed by atoms with Gasteiger partial charge in [-0.2, -0.15) is 0 Å². The normalized spacial score (nSPS) is 16.7. The maximum Gasteiger partial charge on any atom is 0.338 e. The number of urea groups is 1. The summed E-state index contributed by atoms with van der Waals surface area (Å²) >= 11 is 0. The number of hydrogen-bond donors (Lipinski definition) is 2. The van der Waals surface area contributed by atoms with Gasteiger partial charge in [0.25, 0.3) is 0 Å². The second-order valence-corrected chi connectivity index (χ2v) is 7.91. The number of unbranched alkanes of at least 4 members (excludes halogenated alkanes) is 3. The van der Waals surface area contributed by atoms with Crippen molar-refractivity contribution >= 4 is 12.0 Å². The van der Waals surface area contributed by atoms with Gasteiger partial charge in [0.2, 0.25) is 0 Å². The van der Waals surface area contributed by atoms with E-state index in [9.17, 15) is 9.59 Å². The zero-order chi connectivity index (χ0) is 21.4. The molecule has 1 aromatic rings. The van der Waals surface area contributed by atoms with E-state index in [0.29, 0.717) is 23.6 Å². The lowest BCUT2D eigenvalue weighted by atomic mass is 9.91. The Morgan fingerprint density at radius 3 is 2.48 bits per heavy atom. The molecule has 2 rings (SSSR count). The molecule has 6 nitrogen and oxygen atoms in total. The van der Waals surface area contributed by atoms with Crippen LogP contribution in [0.3, 0.4) is 0 Å². The van der Waals surface area contributed by atoms with Gasteiger partial charge < -0.3 is 20.1 Å². The van der Waals surface area contributed by atoms with Crippen LogP contribution in [-0.2, 0) is 9.53 Å². The number of amides is 2. The summed E-state index contributed by atoms with van der Waals surface area (Å²) in [7, 11) is 0. The van der Waals surface area contributed by atoms with E-state index in [1.165, 1.54) is 12.8 Å². The summed E-state index contributed by atoms with van der Waals surface area (Å²) in [4.78, 5) is 25.3. The van der Waals surface area contributed by atoms with Gasteiger partial charge in [0.1, 0.15) is 5.75 Å². The summed E-state index contributed by atoms with van der Waals surface area (Å²) in [5, 5.41) is 5.68. The molecule has 0 aliphatic carbocycles. The minimum Gasteiger partial charge on any atom is -0.493 e. The predicted molar refractivity (Wildman–Crippen MR) is 114 cm³/mol. The Morgan fingerprint density at radius 1 is 1.10 bits per heavy atom. The molecule has 0 saturated heterocycles. The lowest BCUT2D eigenvalue weighted by Gasteiger charge is -2.32. The van der Waals surface area contributed by atoms with Crippen LogP contribution in [-0.4, -0.2) is 24.7 Å². The molecular formula is C23H34N2O4. The molecular weight excluding hydrogens is 368 g/mol. The summed E-state index contributed by atoms with van der Waals surface area (Å²) in [6, 6.07) is 6.58. The van der Waals surface area contributed by atoms with E-state index >= 15 is 0 Å².